The summed E-state index contributed by atoms with van der Waals surface area (Å²) in [5.74, 6) is -1.80. The topological polar surface area (TPSA) is 55.4 Å². The Morgan fingerprint density at radius 3 is 2.28 bits per heavy atom. The first kappa shape index (κ1) is 20.6. The maximum atomic E-state index is 12.6. The van der Waals surface area contributed by atoms with E-state index in [2.05, 4.69) is 27.9 Å². The molecule has 0 bridgehead atoms. The molecule has 0 aliphatic heterocycles. The molecule has 1 N–H and O–H groups in total. The van der Waals surface area contributed by atoms with Crippen LogP contribution in [-0.2, 0) is 14.3 Å². The molecule has 134 valence electrons. The van der Waals surface area contributed by atoms with E-state index in [1.165, 1.54) is 0 Å². The van der Waals surface area contributed by atoms with Crippen LogP contribution in [0.2, 0.25) is 0 Å². The third-order valence-electron chi connectivity index (χ3n) is 3.73. The van der Waals surface area contributed by atoms with Crippen molar-refractivity contribution in [3.63, 3.8) is 0 Å². The van der Waals surface area contributed by atoms with Crippen molar-refractivity contribution in [2.45, 2.75) is 12.8 Å². The quantitative estimate of drug-likeness (QED) is 0.332. The lowest BCUT2D eigenvalue weighted by molar-refractivity contribution is -0.151. The molecule has 25 heavy (non-hydrogen) atoms. The molecule has 2 atom stereocenters. The minimum atomic E-state index is -0.576. The number of amides is 1. The number of rotatable bonds is 5. The molecule has 2 rings (SSSR count). The number of esters is 1. The molecule has 2 unspecified atom stereocenters. The van der Waals surface area contributed by atoms with E-state index in [1.54, 1.807) is 0 Å². The van der Waals surface area contributed by atoms with Crippen molar-refractivity contribution in [1.29, 1.82) is 0 Å². The van der Waals surface area contributed by atoms with Crippen LogP contribution in [0.25, 0.3) is 0 Å². The maximum Gasteiger partial charge on any atom is 0.310 e. The van der Waals surface area contributed by atoms with Crippen LogP contribution in [-0.4, -0.2) is 18.5 Å². The van der Waals surface area contributed by atoms with Crippen LogP contribution in [0.5, 0.6) is 0 Å². The molecule has 0 saturated carbocycles. The van der Waals surface area contributed by atoms with E-state index in [0.717, 1.165) is 3.57 Å². The van der Waals surface area contributed by atoms with Crippen LogP contribution < -0.4 is 5.32 Å². The van der Waals surface area contributed by atoms with Crippen LogP contribution in [0.4, 0.5) is 5.69 Å². The number of anilines is 1. The van der Waals surface area contributed by atoms with Gasteiger partial charge in [-0.1, -0.05) is 47.0 Å². The van der Waals surface area contributed by atoms with E-state index < -0.39 is 17.8 Å². The lowest BCUT2D eigenvalue weighted by Crippen LogP contribution is -2.36. The van der Waals surface area contributed by atoms with Gasteiger partial charge < -0.3 is 10.1 Å². The summed E-state index contributed by atoms with van der Waals surface area (Å²) in [4.78, 5) is 24.9. The second-order valence-electron chi connectivity index (χ2n) is 5.42. The lowest BCUT2D eigenvalue weighted by Gasteiger charge is -2.26. The number of nitrogens with one attached hydrogen (secondary N) is 1. The van der Waals surface area contributed by atoms with E-state index in [1.807, 2.05) is 36.4 Å². The number of hydrogen-bond acceptors (Lipinski definition) is 3. The van der Waals surface area contributed by atoms with Gasteiger partial charge in [0.2, 0.25) is 5.91 Å². The zero-order valence-electron chi connectivity index (χ0n) is 13.0. The summed E-state index contributed by atoms with van der Waals surface area (Å²) in [5, 5.41) is 2.89. The molecule has 0 radical (unpaired) electrons. The molecule has 1 aliphatic carbocycles. The summed E-state index contributed by atoms with van der Waals surface area (Å²) >= 11 is 19.0. The summed E-state index contributed by atoms with van der Waals surface area (Å²) in [6, 6.07) is 7.43. The van der Waals surface area contributed by atoms with Gasteiger partial charge in [-0.15, -0.1) is 0 Å². The average Bonchev–Trinajstić information content (AvgIpc) is 2.61. The van der Waals surface area contributed by atoms with Gasteiger partial charge in [0, 0.05) is 9.26 Å². The van der Waals surface area contributed by atoms with Gasteiger partial charge in [0.05, 0.1) is 16.9 Å². The van der Waals surface area contributed by atoms with Crippen LogP contribution >= 0.6 is 57.4 Å². The summed E-state index contributed by atoms with van der Waals surface area (Å²) < 4.78 is 6.06. The molecule has 1 aliphatic rings. The summed E-state index contributed by atoms with van der Waals surface area (Å²) in [6.07, 6.45) is 4.66. The molecule has 1 aromatic carbocycles. The first-order valence-corrected chi connectivity index (χ1v) is 9.67. The first-order chi connectivity index (χ1) is 11.9. The van der Waals surface area contributed by atoms with E-state index in [4.69, 9.17) is 39.5 Å². The number of benzene rings is 1. The number of hydrogen-bond donors (Lipinski definition) is 1. The van der Waals surface area contributed by atoms with Gasteiger partial charge in [-0.05, 0) is 59.7 Å². The fraction of sp³-hybridized carbons (Fsp3) is 0.294. The first-order valence-electron chi connectivity index (χ1n) is 7.46. The van der Waals surface area contributed by atoms with E-state index in [9.17, 15) is 9.59 Å². The number of ether oxygens (including phenoxy) is 1. The monoisotopic (exact) mass is 513 g/mol. The highest BCUT2D eigenvalue weighted by molar-refractivity contribution is 14.1. The third kappa shape index (κ3) is 6.16. The Labute approximate surface area is 174 Å². The smallest absolute Gasteiger partial charge is 0.310 e. The molecule has 1 aromatic rings. The van der Waals surface area contributed by atoms with Gasteiger partial charge in [-0.25, -0.2) is 0 Å². The number of allylic oxidation sites excluding steroid dienone is 2. The predicted octanol–water partition coefficient (Wildman–Crippen LogP) is 5.24. The van der Waals surface area contributed by atoms with Gasteiger partial charge in [0.1, 0.15) is 11.1 Å². The molecular weight excluding hydrogens is 499 g/mol. The Morgan fingerprint density at radius 1 is 1.08 bits per heavy atom. The summed E-state index contributed by atoms with van der Waals surface area (Å²) in [5.41, 5.74) is 0.687. The molecule has 1 amide bonds. The van der Waals surface area contributed by atoms with Crippen LogP contribution in [0.15, 0.2) is 45.9 Å². The molecule has 0 aromatic heterocycles. The molecule has 0 fully saturated rings. The van der Waals surface area contributed by atoms with Crippen molar-refractivity contribution in [2.24, 2.45) is 11.8 Å². The average molecular weight is 515 g/mol. The second-order valence-corrected chi connectivity index (χ2v) is 8.08. The highest BCUT2D eigenvalue weighted by Gasteiger charge is 2.35. The summed E-state index contributed by atoms with van der Waals surface area (Å²) in [6.45, 7) is -0.214. The molecule has 4 nitrogen and oxygen atoms in total. The maximum absolute atomic E-state index is 12.6. The predicted molar refractivity (Wildman–Crippen MR) is 109 cm³/mol. The van der Waals surface area contributed by atoms with Gasteiger partial charge in [0.25, 0.3) is 0 Å². The van der Waals surface area contributed by atoms with Crippen LogP contribution in [0, 0.1) is 15.4 Å². The second kappa shape index (κ2) is 9.80. The minimum absolute atomic E-state index is 0.0444. The standard InChI is InChI=1S/C17H15Cl3INO3/c18-14(15(19)20)9-25-17(24)13-4-2-1-3-12(13)16(23)22-11-7-5-10(21)6-8-11/h1-2,5-8,12-13H,3-4,9H2,(H,22,23). The fourth-order valence-corrected chi connectivity index (χ4v) is 2.95. The largest absolute Gasteiger partial charge is 0.460 e. The molecule has 8 heteroatoms. The molecular formula is C17H15Cl3INO3. The lowest BCUT2D eigenvalue weighted by atomic mass is 9.82. The van der Waals surface area contributed by atoms with Crippen LogP contribution in [0.1, 0.15) is 12.8 Å². The van der Waals surface area contributed by atoms with Crippen molar-refractivity contribution in [3.8, 4) is 0 Å². The fourth-order valence-electron chi connectivity index (χ4n) is 2.43. The van der Waals surface area contributed by atoms with Crippen molar-refractivity contribution < 1.29 is 14.3 Å². The van der Waals surface area contributed by atoms with E-state index in [0.29, 0.717) is 18.5 Å². The van der Waals surface area contributed by atoms with Gasteiger partial charge in [0.15, 0.2) is 0 Å². The Kier molecular flexibility index (Phi) is 8.06. The van der Waals surface area contributed by atoms with Gasteiger partial charge in [-0.3, -0.25) is 9.59 Å². The zero-order chi connectivity index (χ0) is 18.4. The Morgan fingerprint density at radius 2 is 1.68 bits per heavy atom. The third-order valence-corrected chi connectivity index (χ3v) is 5.40. The van der Waals surface area contributed by atoms with Crippen LogP contribution in [0.3, 0.4) is 0 Å². The van der Waals surface area contributed by atoms with Crippen molar-refractivity contribution in [1.82, 2.24) is 0 Å². The van der Waals surface area contributed by atoms with E-state index >= 15 is 0 Å². The van der Waals surface area contributed by atoms with E-state index in [-0.39, 0.29) is 22.0 Å². The molecule has 0 saturated heterocycles. The number of halogens is 4. The Hall–Kier alpha value is -0.760. The highest BCUT2D eigenvalue weighted by Crippen LogP contribution is 2.29. The van der Waals surface area contributed by atoms with Gasteiger partial charge in [-0.2, -0.15) is 0 Å². The highest BCUT2D eigenvalue weighted by atomic mass is 127. The number of carbonyl (C=O) groups excluding carboxylic acids is 2. The van der Waals surface area contributed by atoms with Crippen molar-refractivity contribution in [3.05, 3.63) is 49.5 Å². The normalized spacial score (nSPS) is 19.2. The SMILES string of the molecule is O=C(Nc1ccc(I)cc1)C1CC=CCC1C(=O)OCC(Cl)=C(Cl)Cl. The molecule has 0 spiro atoms. The zero-order valence-corrected chi connectivity index (χ0v) is 17.4. The van der Waals surface area contributed by atoms with Crippen molar-refractivity contribution >= 4 is 75.0 Å². The van der Waals surface area contributed by atoms with Gasteiger partial charge >= 0.3 is 5.97 Å². The van der Waals surface area contributed by atoms with Crippen molar-refractivity contribution in [2.75, 3.05) is 11.9 Å². The number of carbonyl (C=O) groups is 2. The Bertz CT molecular complexity index is 700. The summed E-state index contributed by atoms with van der Waals surface area (Å²) in [7, 11) is 0. The Balaban J connectivity index is 2.03. The minimum Gasteiger partial charge on any atom is -0.460 e. The molecule has 0 heterocycles.